The highest BCUT2D eigenvalue weighted by Crippen LogP contribution is 2.34. The lowest BCUT2D eigenvalue weighted by Gasteiger charge is -2.18. The van der Waals surface area contributed by atoms with Gasteiger partial charge in [0, 0.05) is 12.6 Å². The van der Waals surface area contributed by atoms with E-state index >= 15 is 0 Å². The maximum atomic E-state index is 11.9. The van der Waals surface area contributed by atoms with E-state index in [0.29, 0.717) is 12.1 Å². The van der Waals surface area contributed by atoms with Gasteiger partial charge < -0.3 is 15.2 Å². The Labute approximate surface area is 194 Å². The molecule has 0 heterocycles. The Balaban J connectivity index is 1.72. The molecule has 0 saturated carbocycles. The molecule has 0 spiro atoms. The summed E-state index contributed by atoms with van der Waals surface area (Å²) in [4.78, 5) is 11.9. The molecule has 0 aliphatic heterocycles. The molecule has 0 bridgehead atoms. The maximum Gasteiger partial charge on any atom is 0.336 e. The molecule has 2 N–H and O–H groups in total. The Bertz CT molecular complexity index is 1330. The van der Waals surface area contributed by atoms with Gasteiger partial charge in [-0.2, -0.15) is 0 Å². The van der Waals surface area contributed by atoms with Gasteiger partial charge in [0.25, 0.3) is 0 Å². The monoisotopic (exact) mass is 439 g/mol. The molecule has 168 valence electrons. The summed E-state index contributed by atoms with van der Waals surface area (Å²) in [5.41, 5.74) is 6.27. The van der Waals surface area contributed by atoms with E-state index < -0.39 is 5.97 Å². The van der Waals surface area contributed by atoms with E-state index in [9.17, 15) is 9.90 Å². The molecule has 0 aromatic heterocycles. The van der Waals surface area contributed by atoms with E-state index in [1.54, 1.807) is 7.11 Å². The van der Waals surface area contributed by atoms with Crippen LogP contribution in [0.5, 0.6) is 5.75 Å². The zero-order valence-electron chi connectivity index (χ0n) is 19.5. The number of nitrogens with one attached hydrogen (secondary N) is 1. The minimum Gasteiger partial charge on any atom is -0.497 e. The smallest absolute Gasteiger partial charge is 0.336 e. The van der Waals surface area contributed by atoms with Gasteiger partial charge in [0.15, 0.2) is 0 Å². The fraction of sp³-hybridized carbons (Fsp3) is 0.207. The Morgan fingerprint density at radius 1 is 0.970 bits per heavy atom. The Morgan fingerprint density at radius 2 is 1.76 bits per heavy atom. The molecule has 0 aliphatic rings. The lowest BCUT2D eigenvalue weighted by molar-refractivity contribution is 0.0695. The molecular formula is C29H29NO3. The zero-order valence-corrected chi connectivity index (χ0v) is 19.5. The van der Waals surface area contributed by atoms with Gasteiger partial charge in [0.05, 0.1) is 12.7 Å². The number of carboxylic acid groups (broad SMARTS) is 1. The minimum atomic E-state index is -0.888. The van der Waals surface area contributed by atoms with Crippen molar-refractivity contribution in [2.75, 3.05) is 7.11 Å². The van der Waals surface area contributed by atoms with Crippen molar-refractivity contribution in [2.24, 2.45) is 0 Å². The van der Waals surface area contributed by atoms with Gasteiger partial charge in [-0.25, -0.2) is 4.79 Å². The van der Waals surface area contributed by atoms with Crippen molar-refractivity contribution in [2.45, 2.75) is 33.4 Å². The summed E-state index contributed by atoms with van der Waals surface area (Å²) in [5.74, 6) is -0.0423. The van der Waals surface area contributed by atoms with E-state index in [2.05, 4.69) is 42.6 Å². The number of aryl methyl sites for hydroxylation is 1. The molecule has 4 nitrogen and oxygen atoms in total. The van der Waals surface area contributed by atoms with Crippen molar-refractivity contribution < 1.29 is 14.6 Å². The van der Waals surface area contributed by atoms with Crippen LogP contribution in [-0.2, 0) is 6.54 Å². The second-order valence-electron chi connectivity index (χ2n) is 8.48. The summed E-state index contributed by atoms with van der Waals surface area (Å²) in [6, 6.07) is 24.8. The van der Waals surface area contributed by atoms with Gasteiger partial charge in [0.2, 0.25) is 0 Å². The molecule has 0 amide bonds. The van der Waals surface area contributed by atoms with E-state index in [0.717, 1.165) is 49.9 Å². The molecular weight excluding hydrogens is 410 g/mol. The van der Waals surface area contributed by atoms with Crippen LogP contribution in [0.1, 0.15) is 45.6 Å². The number of carboxylic acids is 1. The number of rotatable bonds is 7. The fourth-order valence-corrected chi connectivity index (χ4v) is 4.47. The SMILES string of the molecule is COc1cccc([C@@H](C)NCc2cc(-c3ccc(C)c(C(=O)O)c3C)c3ccccc3c2)c1. The van der Waals surface area contributed by atoms with Crippen LogP contribution in [0.25, 0.3) is 21.9 Å². The number of carbonyl (C=O) groups is 1. The van der Waals surface area contributed by atoms with Crippen molar-refractivity contribution in [3.8, 4) is 16.9 Å². The molecule has 4 aromatic carbocycles. The third-order valence-corrected chi connectivity index (χ3v) is 6.31. The lowest BCUT2D eigenvalue weighted by atomic mass is 9.89. The molecule has 0 unspecified atom stereocenters. The summed E-state index contributed by atoms with van der Waals surface area (Å²) in [6.07, 6.45) is 0. The first-order valence-electron chi connectivity index (χ1n) is 11.1. The standard InChI is InChI=1S/C29H29NO3/c1-18-12-13-25(19(2)28(18)29(31)32)27-15-21(14-23-8-5-6-11-26(23)27)17-30-20(3)22-9-7-10-24(16-22)33-4/h5-16,20,30H,17H2,1-4H3,(H,31,32)/t20-/m1/s1. The Morgan fingerprint density at radius 3 is 2.52 bits per heavy atom. The highest BCUT2D eigenvalue weighted by Gasteiger charge is 2.17. The van der Waals surface area contributed by atoms with Crippen molar-refractivity contribution in [3.05, 3.63) is 101 Å². The third-order valence-electron chi connectivity index (χ3n) is 6.31. The van der Waals surface area contributed by atoms with E-state index in [1.165, 1.54) is 0 Å². The average molecular weight is 440 g/mol. The Kier molecular flexibility index (Phi) is 6.47. The molecule has 4 heteroatoms. The fourth-order valence-electron chi connectivity index (χ4n) is 4.47. The van der Waals surface area contributed by atoms with Gasteiger partial charge in [-0.05, 0) is 89.2 Å². The number of aromatic carboxylic acids is 1. The van der Waals surface area contributed by atoms with Gasteiger partial charge in [0.1, 0.15) is 5.75 Å². The second-order valence-corrected chi connectivity index (χ2v) is 8.48. The molecule has 4 aromatic rings. The summed E-state index contributed by atoms with van der Waals surface area (Å²) in [5, 5.41) is 15.6. The van der Waals surface area contributed by atoms with Crippen LogP contribution in [0.15, 0.2) is 72.8 Å². The molecule has 33 heavy (non-hydrogen) atoms. The van der Waals surface area contributed by atoms with Gasteiger partial charge in [-0.1, -0.05) is 48.5 Å². The number of hydrogen-bond donors (Lipinski definition) is 2. The van der Waals surface area contributed by atoms with Crippen molar-refractivity contribution in [1.29, 1.82) is 0 Å². The van der Waals surface area contributed by atoms with Crippen molar-refractivity contribution in [1.82, 2.24) is 5.32 Å². The number of ether oxygens (including phenoxy) is 1. The van der Waals surface area contributed by atoms with Gasteiger partial charge in [-0.15, -0.1) is 0 Å². The van der Waals surface area contributed by atoms with Crippen molar-refractivity contribution >= 4 is 16.7 Å². The number of benzene rings is 4. The minimum absolute atomic E-state index is 0.148. The van der Waals surface area contributed by atoms with Crippen LogP contribution in [0.2, 0.25) is 0 Å². The maximum absolute atomic E-state index is 11.9. The van der Waals surface area contributed by atoms with E-state index in [4.69, 9.17) is 4.74 Å². The van der Waals surface area contributed by atoms with Crippen LogP contribution in [0.4, 0.5) is 0 Å². The van der Waals surface area contributed by atoms with Crippen molar-refractivity contribution in [3.63, 3.8) is 0 Å². The molecule has 0 fully saturated rings. The molecule has 4 rings (SSSR count). The first-order chi connectivity index (χ1) is 15.9. The average Bonchev–Trinajstić information content (AvgIpc) is 2.82. The van der Waals surface area contributed by atoms with Gasteiger partial charge >= 0.3 is 5.97 Å². The van der Waals surface area contributed by atoms with E-state index in [1.807, 2.05) is 56.3 Å². The van der Waals surface area contributed by atoms with Crippen LogP contribution in [0.3, 0.4) is 0 Å². The molecule has 0 radical (unpaired) electrons. The number of fused-ring (bicyclic) bond motifs is 1. The first-order valence-corrected chi connectivity index (χ1v) is 11.1. The molecule has 0 aliphatic carbocycles. The molecule has 1 atom stereocenters. The quantitative estimate of drug-likeness (QED) is 0.337. The first kappa shape index (κ1) is 22.6. The predicted molar refractivity (Wildman–Crippen MR) is 134 cm³/mol. The predicted octanol–water partition coefficient (Wildman–Crippen LogP) is 6.68. The topological polar surface area (TPSA) is 58.6 Å². The third kappa shape index (κ3) is 4.62. The van der Waals surface area contributed by atoms with Gasteiger partial charge in [-0.3, -0.25) is 0 Å². The highest BCUT2D eigenvalue weighted by atomic mass is 16.5. The van der Waals surface area contributed by atoms with Crippen LogP contribution >= 0.6 is 0 Å². The number of hydrogen-bond acceptors (Lipinski definition) is 3. The summed E-state index contributed by atoms with van der Waals surface area (Å²) in [7, 11) is 1.68. The zero-order chi connectivity index (χ0) is 23.5. The second kappa shape index (κ2) is 9.47. The highest BCUT2D eigenvalue weighted by molar-refractivity contribution is 6.00. The largest absolute Gasteiger partial charge is 0.497 e. The number of methoxy groups -OCH3 is 1. The van der Waals surface area contributed by atoms with E-state index in [-0.39, 0.29) is 6.04 Å². The van der Waals surface area contributed by atoms with Crippen LogP contribution in [-0.4, -0.2) is 18.2 Å². The summed E-state index contributed by atoms with van der Waals surface area (Å²) >= 11 is 0. The lowest BCUT2D eigenvalue weighted by Crippen LogP contribution is -2.18. The normalized spacial score (nSPS) is 12.0. The molecule has 0 saturated heterocycles. The van der Waals surface area contributed by atoms with Crippen LogP contribution < -0.4 is 10.1 Å². The Hall–Kier alpha value is -3.63. The summed E-state index contributed by atoms with van der Waals surface area (Å²) in [6.45, 7) is 6.57. The van der Waals surface area contributed by atoms with Crippen LogP contribution in [0, 0.1) is 13.8 Å². The summed E-state index contributed by atoms with van der Waals surface area (Å²) < 4.78 is 5.36.